The van der Waals surface area contributed by atoms with Crippen LogP contribution in [0.25, 0.3) is 0 Å². The third kappa shape index (κ3) is 3.94. The van der Waals surface area contributed by atoms with Crippen LogP contribution in [0.2, 0.25) is 0 Å². The van der Waals surface area contributed by atoms with Crippen molar-refractivity contribution in [2.24, 2.45) is 5.41 Å². The van der Waals surface area contributed by atoms with Gasteiger partial charge in [-0.25, -0.2) is 0 Å². The van der Waals surface area contributed by atoms with Crippen molar-refractivity contribution in [2.45, 2.75) is 52.0 Å². The first-order valence-electron chi connectivity index (χ1n) is 6.34. The quantitative estimate of drug-likeness (QED) is 0.821. The Labute approximate surface area is 106 Å². The van der Waals surface area contributed by atoms with Crippen molar-refractivity contribution in [3.63, 3.8) is 0 Å². The van der Waals surface area contributed by atoms with Gasteiger partial charge in [-0.15, -0.1) is 0 Å². The number of piperazine rings is 1. The highest BCUT2D eigenvalue weighted by atomic mass is 32.2. The van der Waals surface area contributed by atoms with Crippen LogP contribution < -0.4 is 5.32 Å². The van der Waals surface area contributed by atoms with Gasteiger partial charge >= 0.3 is 0 Å². The lowest BCUT2D eigenvalue weighted by atomic mass is 9.85. The lowest BCUT2D eigenvalue weighted by molar-refractivity contribution is 0.0951. The second-order valence-corrected chi connectivity index (χ2v) is 7.45. The fourth-order valence-corrected chi connectivity index (χ4v) is 2.50. The SMILES string of the molecule is CSC(C)CN1CC(C(C)(C)C)NCC1C. The molecular weight excluding hydrogens is 216 g/mol. The van der Waals surface area contributed by atoms with E-state index in [2.05, 4.69) is 51.1 Å². The number of nitrogens with one attached hydrogen (secondary N) is 1. The zero-order valence-corrected chi connectivity index (χ0v) is 12.5. The molecule has 0 radical (unpaired) electrons. The van der Waals surface area contributed by atoms with Crippen LogP contribution in [0.5, 0.6) is 0 Å². The molecule has 3 atom stereocenters. The van der Waals surface area contributed by atoms with Gasteiger partial charge < -0.3 is 5.32 Å². The molecule has 16 heavy (non-hydrogen) atoms. The van der Waals surface area contributed by atoms with Crippen molar-refractivity contribution in [3.8, 4) is 0 Å². The molecule has 1 heterocycles. The van der Waals surface area contributed by atoms with Gasteiger partial charge in [0, 0.05) is 37.0 Å². The van der Waals surface area contributed by atoms with Crippen LogP contribution in [-0.2, 0) is 0 Å². The molecule has 1 rings (SSSR count). The summed E-state index contributed by atoms with van der Waals surface area (Å²) in [6.45, 7) is 15.2. The van der Waals surface area contributed by atoms with E-state index in [1.807, 2.05) is 11.8 Å². The highest BCUT2D eigenvalue weighted by Crippen LogP contribution is 2.24. The molecule has 1 fully saturated rings. The van der Waals surface area contributed by atoms with Gasteiger partial charge in [0.1, 0.15) is 0 Å². The highest BCUT2D eigenvalue weighted by Gasteiger charge is 2.32. The molecule has 1 N–H and O–H groups in total. The van der Waals surface area contributed by atoms with Crippen LogP contribution >= 0.6 is 11.8 Å². The normalized spacial score (nSPS) is 30.4. The van der Waals surface area contributed by atoms with Crippen LogP contribution in [0.3, 0.4) is 0 Å². The maximum Gasteiger partial charge on any atom is 0.0244 e. The van der Waals surface area contributed by atoms with Crippen molar-refractivity contribution in [3.05, 3.63) is 0 Å². The Hall–Kier alpha value is 0.270. The molecule has 1 aliphatic rings. The summed E-state index contributed by atoms with van der Waals surface area (Å²) in [7, 11) is 0. The minimum Gasteiger partial charge on any atom is -0.311 e. The third-order valence-electron chi connectivity index (χ3n) is 3.64. The number of thioether (sulfide) groups is 1. The van der Waals surface area contributed by atoms with Crippen LogP contribution in [0.1, 0.15) is 34.6 Å². The summed E-state index contributed by atoms with van der Waals surface area (Å²) >= 11 is 1.97. The topological polar surface area (TPSA) is 15.3 Å². The van der Waals surface area contributed by atoms with E-state index >= 15 is 0 Å². The van der Waals surface area contributed by atoms with E-state index in [-0.39, 0.29) is 0 Å². The Morgan fingerprint density at radius 1 is 1.44 bits per heavy atom. The molecule has 0 spiro atoms. The van der Waals surface area contributed by atoms with Crippen LogP contribution in [0.4, 0.5) is 0 Å². The van der Waals surface area contributed by atoms with E-state index in [4.69, 9.17) is 0 Å². The Balaban J connectivity index is 2.55. The van der Waals surface area contributed by atoms with Crippen molar-refractivity contribution in [1.29, 1.82) is 0 Å². The molecule has 0 aliphatic carbocycles. The van der Waals surface area contributed by atoms with Gasteiger partial charge in [0.15, 0.2) is 0 Å². The van der Waals surface area contributed by atoms with Gasteiger partial charge in [-0.1, -0.05) is 27.7 Å². The monoisotopic (exact) mass is 244 g/mol. The standard InChI is InChI=1S/C13H28N2S/c1-10-7-14-12(13(3,4)5)9-15(10)8-11(2)16-6/h10-12,14H,7-9H2,1-6H3. The minimum atomic E-state index is 0.362. The summed E-state index contributed by atoms with van der Waals surface area (Å²) in [6.07, 6.45) is 2.21. The second-order valence-electron chi connectivity index (χ2n) is 6.18. The molecule has 1 aliphatic heterocycles. The Kier molecular flexibility index (Phi) is 5.14. The molecule has 96 valence electrons. The Bertz CT molecular complexity index is 212. The summed E-state index contributed by atoms with van der Waals surface area (Å²) in [4.78, 5) is 2.65. The number of nitrogens with zero attached hydrogens (tertiary/aromatic N) is 1. The fourth-order valence-electron chi connectivity index (χ4n) is 2.16. The van der Waals surface area contributed by atoms with Crippen molar-refractivity contribution >= 4 is 11.8 Å². The third-order valence-corrected chi connectivity index (χ3v) is 4.59. The summed E-state index contributed by atoms with van der Waals surface area (Å²) in [5.74, 6) is 0. The van der Waals surface area contributed by atoms with Crippen LogP contribution in [0, 0.1) is 5.41 Å². The maximum atomic E-state index is 3.68. The zero-order chi connectivity index (χ0) is 12.3. The molecule has 1 saturated heterocycles. The van der Waals surface area contributed by atoms with Gasteiger partial charge in [0.05, 0.1) is 0 Å². The van der Waals surface area contributed by atoms with E-state index < -0.39 is 0 Å². The van der Waals surface area contributed by atoms with E-state index in [1.54, 1.807) is 0 Å². The lowest BCUT2D eigenvalue weighted by Gasteiger charge is -2.44. The largest absolute Gasteiger partial charge is 0.311 e. The van der Waals surface area contributed by atoms with E-state index in [1.165, 1.54) is 13.1 Å². The number of hydrogen-bond donors (Lipinski definition) is 1. The van der Waals surface area contributed by atoms with Crippen LogP contribution in [-0.4, -0.2) is 48.1 Å². The predicted octanol–water partition coefficient (Wildman–Crippen LogP) is 2.45. The highest BCUT2D eigenvalue weighted by molar-refractivity contribution is 7.99. The number of rotatable bonds is 3. The zero-order valence-electron chi connectivity index (χ0n) is 11.7. The second kappa shape index (κ2) is 5.74. The smallest absolute Gasteiger partial charge is 0.0244 e. The first-order chi connectivity index (χ1) is 7.34. The summed E-state index contributed by atoms with van der Waals surface area (Å²) in [5.41, 5.74) is 0.362. The molecule has 0 bridgehead atoms. The first kappa shape index (κ1) is 14.3. The summed E-state index contributed by atoms with van der Waals surface area (Å²) < 4.78 is 0. The van der Waals surface area contributed by atoms with Crippen molar-refractivity contribution in [1.82, 2.24) is 10.2 Å². The summed E-state index contributed by atoms with van der Waals surface area (Å²) in [5, 5.41) is 4.42. The molecule has 0 aromatic heterocycles. The van der Waals surface area contributed by atoms with E-state index in [0.29, 0.717) is 17.5 Å². The van der Waals surface area contributed by atoms with Gasteiger partial charge in [0.25, 0.3) is 0 Å². The van der Waals surface area contributed by atoms with Gasteiger partial charge in [-0.3, -0.25) is 4.90 Å². The Morgan fingerprint density at radius 3 is 2.56 bits per heavy atom. The molecule has 3 unspecified atom stereocenters. The van der Waals surface area contributed by atoms with Gasteiger partial charge in [-0.05, 0) is 18.6 Å². The average Bonchev–Trinajstić information content (AvgIpc) is 2.19. The van der Waals surface area contributed by atoms with Crippen molar-refractivity contribution in [2.75, 3.05) is 25.9 Å². The van der Waals surface area contributed by atoms with Gasteiger partial charge in [-0.2, -0.15) is 11.8 Å². The predicted molar refractivity (Wildman–Crippen MR) is 75.3 cm³/mol. The molecule has 3 heteroatoms. The molecule has 0 aromatic rings. The number of hydrogen-bond acceptors (Lipinski definition) is 3. The van der Waals surface area contributed by atoms with Gasteiger partial charge in [0.2, 0.25) is 0 Å². The molecule has 0 saturated carbocycles. The molecule has 2 nitrogen and oxygen atoms in total. The minimum absolute atomic E-state index is 0.362. The van der Waals surface area contributed by atoms with E-state index in [0.717, 1.165) is 11.8 Å². The van der Waals surface area contributed by atoms with Crippen LogP contribution in [0.15, 0.2) is 0 Å². The van der Waals surface area contributed by atoms with Crippen molar-refractivity contribution < 1.29 is 0 Å². The lowest BCUT2D eigenvalue weighted by Crippen LogP contribution is -2.60. The first-order valence-corrected chi connectivity index (χ1v) is 7.63. The molecule has 0 amide bonds. The maximum absolute atomic E-state index is 3.68. The Morgan fingerprint density at radius 2 is 2.06 bits per heavy atom. The summed E-state index contributed by atoms with van der Waals surface area (Å²) in [6, 6.07) is 1.30. The fraction of sp³-hybridized carbons (Fsp3) is 1.00. The molecule has 0 aromatic carbocycles. The average molecular weight is 244 g/mol. The molecular formula is C13H28N2S. The van der Waals surface area contributed by atoms with E-state index in [9.17, 15) is 0 Å².